The predicted octanol–water partition coefficient (Wildman–Crippen LogP) is 3.54. The number of carboxylic acid groups (broad SMARTS) is 1. The molecule has 1 heterocycles. The zero-order chi connectivity index (χ0) is 19.9. The largest absolute Gasteiger partial charge is 0.478 e. The van der Waals surface area contributed by atoms with Crippen LogP contribution < -0.4 is 11.1 Å². The van der Waals surface area contributed by atoms with Crippen LogP contribution in [0, 0.1) is 0 Å². The number of carbonyl (C=O) groups is 2. The highest BCUT2D eigenvalue weighted by Crippen LogP contribution is 2.29. The lowest BCUT2D eigenvalue weighted by atomic mass is 10.1. The standard InChI is InChI=1S/C15H12F3N3O3.C2H6/c16-15(17,18)11-4-8(7-19)5-12(20-11)21-13(22)9-2-1-3-10(6-9)14(23)24;1-2/h1-6H,7,19H2,(H,23,24)(H,20,21,22);1-2H3. The zero-order valence-corrected chi connectivity index (χ0v) is 14.1. The molecule has 0 aliphatic carbocycles. The van der Waals surface area contributed by atoms with Crippen LogP contribution in [-0.2, 0) is 12.7 Å². The summed E-state index contributed by atoms with van der Waals surface area (Å²) in [5.74, 6) is -2.34. The second-order valence-electron chi connectivity index (χ2n) is 4.79. The summed E-state index contributed by atoms with van der Waals surface area (Å²) in [5.41, 5.74) is 4.17. The van der Waals surface area contributed by atoms with Gasteiger partial charge >= 0.3 is 12.1 Å². The molecule has 140 valence electrons. The topological polar surface area (TPSA) is 105 Å². The molecule has 0 spiro atoms. The number of halogens is 3. The van der Waals surface area contributed by atoms with Crippen molar-refractivity contribution in [3.8, 4) is 0 Å². The van der Waals surface area contributed by atoms with Crippen molar-refractivity contribution in [1.29, 1.82) is 0 Å². The summed E-state index contributed by atoms with van der Waals surface area (Å²) in [4.78, 5) is 26.3. The van der Waals surface area contributed by atoms with Crippen molar-refractivity contribution in [2.45, 2.75) is 26.6 Å². The average Bonchev–Trinajstić information content (AvgIpc) is 2.62. The first kappa shape index (κ1) is 21.1. The van der Waals surface area contributed by atoms with Crippen molar-refractivity contribution < 1.29 is 27.9 Å². The molecule has 1 amide bonds. The molecule has 1 aromatic heterocycles. The van der Waals surface area contributed by atoms with Crippen LogP contribution in [0.5, 0.6) is 0 Å². The molecule has 0 aliphatic rings. The van der Waals surface area contributed by atoms with E-state index in [0.717, 1.165) is 12.1 Å². The van der Waals surface area contributed by atoms with Gasteiger partial charge in [-0.05, 0) is 35.9 Å². The highest BCUT2D eigenvalue weighted by atomic mass is 19.4. The Bertz CT molecular complexity index is 792. The average molecular weight is 369 g/mol. The molecule has 0 radical (unpaired) electrons. The van der Waals surface area contributed by atoms with Crippen LogP contribution in [0.1, 0.15) is 45.8 Å². The van der Waals surface area contributed by atoms with Crippen LogP contribution in [0.3, 0.4) is 0 Å². The number of nitrogens with zero attached hydrogens (tertiary/aromatic N) is 1. The first-order chi connectivity index (χ1) is 12.2. The maximum atomic E-state index is 12.8. The molecular weight excluding hydrogens is 351 g/mol. The fourth-order valence-electron chi connectivity index (χ4n) is 1.90. The lowest BCUT2D eigenvalue weighted by Gasteiger charge is -2.11. The van der Waals surface area contributed by atoms with Crippen LogP contribution in [-0.4, -0.2) is 22.0 Å². The molecule has 0 atom stereocenters. The lowest BCUT2D eigenvalue weighted by Crippen LogP contribution is -2.17. The van der Waals surface area contributed by atoms with E-state index in [-0.39, 0.29) is 29.1 Å². The highest BCUT2D eigenvalue weighted by molar-refractivity contribution is 6.05. The third-order valence-electron chi connectivity index (χ3n) is 3.02. The number of hydrogen-bond donors (Lipinski definition) is 3. The summed E-state index contributed by atoms with van der Waals surface area (Å²) in [7, 11) is 0. The van der Waals surface area contributed by atoms with Gasteiger partial charge in [-0.3, -0.25) is 4.79 Å². The molecule has 2 rings (SSSR count). The normalized spacial score (nSPS) is 10.5. The van der Waals surface area contributed by atoms with Crippen LogP contribution in [0.4, 0.5) is 19.0 Å². The van der Waals surface area contributed by atoms with E-state index in [2.05, 4.69) is 10.3 Å². The van der Waals surface area contributed by atoms with E-state index in [1.165, 1.54) is 24.3 Å². The third kappa shape index (κ3) is 5.55. The summed E-state index contributed by atoms with van der Waals surface area (Å²) >= 11 is 0. The zero-order valence-electron chi connectivity index (χ0n) is 14.1. The number of nitrogens with two attached hydrogens (primary N) is 1. The van der Waals surface area contributed by atoms with E-state index in [4.69, 9.17) is 10.8 Å². The molecule has 6 nitrogen and oxygen atoms in total. The number of alkyl halides is 3. The fourth-order valence-corrected chi connectivity index (χ4v) is 1.90. The monoisotopic (exact) mass is 369 g/mol. The van der Waals surface area contributed by atoms with Gasteiger partial charge in [0.1, 0.15) is 11.5 Å². The maximum absolute atomic E-state index is 12.8. The van der Waals surface area contributed by atoms with Gasteiger partial charge in [0.05, 0.1) is 5.56 Å². The van der Waals surface area contributed by atoms with Crippen molar-refractivity contribution in [3.05, 3.63) is 58.8 Å². The number of carboxylic acids is 1. The highest BCUT2D eigenvalue weighted by Gasteiger charge is 2.33. The first-order valence-electron chi connectivity index (χ1n) is 7.63. The van der Waals surface area contributed by atoms with Crippen molar-refractivity contribution in [3.63, 3.8) is 0 Å². The third-order valence-corrected chi connectivity index (χ3v) is 3.02. The minimum Gasteiger partial charge on any atom is -0.478 e. The number of carbonyl (C=O) groups excluding carboxylic acids is 1. The SMILES string of the molecule is CC.NCc1cc(NC(=O)c2cccc(C(=O)O)c2)nc(C(F)(F)F)c1. The number of anilines is 1. The smallest absolute Gasteiger partial charge is 0.433 e. The number of nitrogens with one attached hydrogen (secondary N) is 1. The van der Waals surface area contributed by atoms with Crippen LogP contribution in [0.15, 0.2) is 36.4 Å². The molecule has 0 fully saturated rings. The van der Waals surface area contributed by atoms with E-state index >= 15 is 0 Å². The minimum absolute atomic E-state index is 0.0246. The Hall–Kier alpha value is -2.94. The van der Waals surface area contributed by atoms with Gasteiger partial charge in [0.25, 0.3) is 5.91 Å². The lowest BCUT2D eigenvalue weighted by molar-refractivity contribution is -0.141. The van der Waals surface area contributed by atoms with E-state index in [9.17, 15) is 22.8 Å². The van der Waals surface area contributed by atoms with Gasteiger partial charge in [-0.15, -0.1) is 0 Å². The number of hydrogen-bond acceptors (Lipinski definition) is 4. The van der Waals surface area contributed by atoms with E-state index in [1.807, 2.05) is 13.8 Å². The molecule has 0 unspecified atom stereocenters. The summed E-state index contributed by atoms with van der Waals surface area (Å²) < 4.78 is 38.4. The molecule has 0 saturated carbocycles. The molecular formula is C17H18F3N3O3. The summed E-state index contributed by atoms with van der Waals surface area (Å²) in [6.07, 6.45) is -4.69. The number of pyridine rings is 1. The Morgan fingerprint density at radius 2 is 1.77 bits per heavy atom. The minimum atomic E-state index is -4.69. The van der Waals surface area contributed by atoms with E-state index < -0.39 is 23.7 Å². The van der Waals surface area contributed by atoms with Crippen molar-refractivity contribution in [2.75, 3.05) is 5.32 Å². The molecule has 4 N–H and O–H groups in total. The summed E-state index contributed by atoms with van der Waals surface area (Å²) in [6.45, 7) is 3.84. The van der Waals surface area contributed by atoms with Gasteiger partial charge in [0, 0.05) is 12.1 Å². The van der Waals surface area contributed by atoms with Gasteiger partial charge in [0.15, 0.2) is 0 Å². The van der Waals surface area contributed by atoms with Gasteiger partial charge < -0.3 is 16.2 Å². The Morgan fingerprint density at radius 1 is 1.15 bits per heavy atom. The maximum Gasteiger partial charge on any atom is 0.433 e. The van der Waals surface area contributed by atoms with Gasteiger partial charge in [-0.25, -0.2) is 9.78 Å². The van der Waals surface area contributed by atoms with Crippen molar-refractivity contribution in [2.24, 2.45) is 5.73 Å². The molecule has 2 aromatic rings. The van der Waals surface area contributed by atoms with Gasteiger partial charge in [-0.1, -0.05) is 19.9 Å². The first-order valence-corrected chi connectivity index (χ1v) is 7.63. The van der Waals surface area contributed by atoms with E-state index in [0.29, 0.717) is 0 Å². The molecule has 0 saturated heterocycles. The second-order valence-corrected chi connectivity index (χ2v) is 4.79. The van der Waals surface area contributed by atoms with Crippen molar-refractivity contribution >= 4 is 17.7 Å². The number of rotatable bonds is 4. The van der Waals surface area contributed by atoms with Crippen LogP contribution in [0.2, 0.25) is 0 Å². The van der Waals surface area contributed by atoms with Crippen LogP contribution >= 0.6 is 0 Å². The quantitative estimate of drug-likeness (QED) is 0.764. The number of benzene rings is 1. The molecule has 0 bridgehead atoms. The van der Waals surface area contributed by atoms with Crippen LogP contribution in [0.25, 0.3) is 0 Å². The molecule has 26 heavy (non-hydrogen) atoms. The summed E-state index contributed by atoms with van der Waals surface area (Å²) in [6, 6.07) is 7.08. The fraction of sp³-hybridized carbons (Fsp3) is 0.235. The molecule has 0 aliphatic heterocycles. The number of amides is 1. The van der Waals surface area contributed by atoms with Gasteiger partial charge in [-0.2, -0.15) is 13.2 Å². The predicted molar refractivity (Wildman–Crippen MR) is 89.8 cm³/mol. The second kappa shape index (κ2) is 8.95. The Morgan fingerprint density at radius 3 is 2.31 bits per heavy atom. The Kier molecular flexibility index (Phi) is 7.27. The van der Waals surface area contributed by atoms with Crippen molar-refractivity contribution in [1.82, 2.24) is 4.98 Å². The molecule has 1 aromatic carbocycles. The Labute approximate surface area is 147 Å². The molecule has 9 heteroatoms. The summed E-state index contributed by atoms with van der Waals surface area (Å²) in [5, 5.41) is 11.1. The van der Waals surface area contributed by atoms with E-state index in [1.54, 1.807) is 0 Å². The number of aromatic carboxylic acids is 1. The van der Waals surface area contributed by atoms with Gasteiger partial charge in [0.2, 0.25) is 0 Å². The Balaban J connectivity index is 0.00000163. The number of aromatic nitrogens is 1.